The highest BCUT2D eigenvalue weighted by atomic mass is 32.2. The molecule has 1 saturated carbocycles. The van der Waals surface area contributed by atoms with E-state index in [0.717, 1.165) is 29.2 Å². The van der Waals surface area contributed by atoms with Crippen molar-refractivity contribution in [3.05, 3.63) is 58.3 Å². The Labute approximate surface area is 233 Å². The third kappa shape index (κ3) is 5.79. The zero-order valence-electron chi connectivity index (χ0n) is 22.4. The molecule has 1 aliphatic carbocycles. The number of hydrogen-bond donors (Lipinski definition) is 1. The molecule has 1 fully saturated rings. The van der Waals surface area contributed by atoms with Gasteiger partial charge in [-0.1, -0.05) is 20.3 Å². The standard InChI is InChI=1S/C27H29F3N8OS/c1-4-6-20(27(28,29)30)38-25-19(13-33-23(37-25)21-15(3)34-14-35-22(21)16-7-8-16)36-24(26(38)39)32-11-17-9-10-18(12-31-17)40-5-2/h9-10,12-14,16,20H,4-8,11H2,1-3H3,(H,32,36). The molecule has 9 nitrogen and oxygen atoms in total. The second-order valence-electron chi connectivity index (χ2n) is 9.65. The fourth-order valence-electron chi connectivity index (χ4n) is 4.62. The molecule has 0 aliphatic heterocycles. The molecule has 0 bridgehead atoms. The van der Waals surface area contributed by atoms with Crippen LogP contribution in [0.15, 0.2) is 40.5 Å². The molecule has 13 heteroatoms. The molecule has 4 aromatic rings. The fraction of sp³-hybridized carbons (Fsp3) is 0.444. The minimum absolute atomic E-state index is 0.0707. The van der Waals surface area contributed by atoms with Gasteiger partial charge in [0.2, 0.25) is 0 Å². The number of hydrogen-bond acceptors (Lipinski definition) is 9. The zero-order chi connectivity index (χ0) is 28.4. The van der Waals surface area contributed by atoms with Crippen LogP contribution >= 0.6 is 11.8 Å². The average molecular weight is 571 g/mol. The molecule has 0 radical (unpaired) electrons. The van der Waals surface area contributed by atoms with E-state index in [1.807, 2.05) is 13.0 Å². The van der Waals surface area contributed by atoms with E-state index < -0.39 is 17.8 Å². The third-order valence-electron chi connectivity index (χ3n) is 6.68. The number of anilines is 1. The summed E-state index contributed by atoms with van der Waals surface area (Å²) >= 11 is 1.64. The van der Waals surface area contributed by atoms with Crippen molar-refractivity contribution in [1.82, 2.24) is 34.5 Å². The van der Waals surface area contributed by atoms with Gasteiger partial charge in [-0.05, 0) is 44.1 Å². The highest BCUT2D eigenvalue weighted by Crippen LogP contribution is 2.43. The number of alkyl halides is 3. The van der Waals surface area contributed by atoms with E-state index in [2.05, 4.69) is 35.2 Å². The number of aryl methyl sites for hydroxylation is 1. The molecule has 5 rings (SSSR count). The van der Waals surface area contributed by atoms with Gasteiger partial charge in [0.15, 0.2) is 17.3 Å². The molecule has 1 atom stereocenters. The van der Waals surface area contributed by atoms with Crippen molar-refractivity contribution in [2.45, 2.75) is 76.0 Å². The van der Waals surface area contributed by atoms with Gasteiger partial charge in [0.1, 0.15) is 17.9 Å². The monoisotopic (exact) mass is 570 g/mol. The predicted molar refractivity (Wildman–Crippen MR) is 147 cm³/mol. The summed E-state index contributed by atoms with van der Waals surface area (Å²) in [7, 11) is 0. The highest BCUT2D eigenvalue weighted by molar-refractivity contribution is 7.99. The minimum Gasteiger partial charge on any atom is -0.360 e. The van der Waals surface area contributed by atoms with E-state index in [0.29, 0.717) is 21.5 Å². The van der Waals surface area contributed by atoms with E-state index in [4.69, 9.17) is 0 Å². The Kier molecular flexibility index (Phi) is 8.02. The second kappa shape index (κ2) is 11.5. The van der Waals surface area contributed by atoms with Gasteiger partial charge in [-0.15, -0.1) is 11.8 Å². The zero-order valence-corrected chi connectivity index (χ0v) is 23.2. The Balaban J connectivity index is 1.62. The van der Waals surface area contributed by atoms with Crippen LogP contribution in [0.3, 0.4) is 0 Å². The van der Waals surface area contributed by atoms with E-state index in [9.17, 15) is 18.0 Å². The quantitative estimate of drug-likeness (QED) is 0.235. The first-order valence-corrected chi connectivity index (χ1v) is 14.2. The molecule has 0 saturated heterocycles. The number of nitrogens with one attached hydrogen (secondary N) is 1. The smallest absolute Gasteiger partial charge is 0.360 e. The highest BCUT2D eigenvalue weighted by Gasteiger charge is 2.42. The van der Waals surface area contributed by atoms with Crippen molar-refractivity contribution in [3.63, 3.8) is 0 Å². The number of pyridine rings is 1. The van der Waals surface area contributed by atoms with Gasteiger partial charge in [0.25, 0.3) is 5.56 Å². The van der Waals surface area contributed by atoms with Crippen LogP contribution in [0.4, 0.5) is 19.0 Å². The fourth-order valence-corrected chi connectivity index (χ4v) is 5.24. The number of fused-ring (bicyclic) bond motifs is 1. The number of nitrogens with zero attached hydrogens (tertiary/aromatic N) is 7. The van der Waals surface area contributed by atoms with Crippen LogP contribution in [0, 0.1) is 6.92 Å². The van der Waals surface area contributed by atoms with Crippen molar-refractivity contribution < 1.29 is 13.2 Å². The maximum atomic E-state index is 14.4. The van der Waals surface area contributed by atoms with Gasteiger partial charge in [-0.3, -0.25) is 14.3 Å². The van der Waals surface area contributed by atoms with Gasteiger partial charge in [-0.25, -0.2) is 24.9 Å². The molecular weight excluding hydrogens is 541 g/mol. The summed E-state index contributed by atoms with van der Waals surface area (Å²) in [6.45, 7) is 5.58. The van der Waals surface area contributed by atoms with Crippen molar-refractivity contribution in [2.75, 3.05) is 11.1 Å². The van der Waals surface area contributed by atoms with Gasteiger partial charge in [-0.2, -0.15) is 13.2 Å². The van der Waals surface area contributed by atoms with Crippen LogP contribution in [0.5, 0.6) is 0 Å². The Morgan fingerprint density at radius 2 is 1.90 bits per heavy atom. The number of halogens is 3. The van der Waals surface area contributed by atoms with Crippen LogP contribution in [0.1, 0.15) is 68.6 Å². The summed E-state index contributed by atoms with van der Waals surface area (Å²) in [5.41, 5.74) is 1.57. The molecule has 40 heavy (non-hydrogen) atoms. The maximum Gasteiger partial charge on any atom is 0.409 e. The lowest BCUT2D eigenvalue weighted by Gasteiger charge is -2.24. The lowest BCUT2D eigenvalue weighted by molar-refractivity contribution is -0.169. The average Bonchev–Trinajstić information content (AvgIpc) is 3.77. The third-order valence-corrected chi connectivity index (χ3v) is 7.55. The Bertz CT molecular complexity index is 1570. The molecule has 210 valence electrons. The minimum atomic E-state index is -4.68. The van der Waals surface area contributed by atoms with Gasteiger partial charge in [0.05, 0.1) is 35.4 Å². The summed E-state index contributed by atoms with van der Waals surface area (Å²) in [4.78, 5) is 41.0. The molecule has 1 aliphatic rings. The molecule has 4 heterocycles. The first-order valence-electron chi connectivity index (χ1n) is 13.2. The summed E-state index contributed by atoms with van der Waals surface area (Å²) in [6.07, 6.45) is 1.70. The molecule has 0 aromatic carbocycles. The Hall–Kier alpha value is -3.61. The van der Waals surface area contributed by atoms with Crippen LogP contribution in [-0.2, 0) is 6.54 Å². The topological polar surface area (TPSA) is 111 Å². The normalized spacial score (nSPS) is 14.4. The van der Waals surface area contributed by atoms with Crippen molar-refractivity contribution in [1.29, 1.82) is 0 Å². The predicted octanol–water partition coefficient (Wildman–Crippen LogP) is 5.85. The molecule has 1 N–H and O–H groups in total. The number of aromatic nitrogens is 7. The van der Waals surface area contributed by atoms with Gasteiger partial charge < -0.3 is 5.32 Å². The van der Waals surface area contributed by atoms with E-state index in [1.54, 1.807) is 37.9 Å². The van der Waals surface area contributed by atoms with Gasteiger partial charge >= 0.3 is 6.18 Å². The molecule has 1 unspecified atom stereocenters. The van der Waals surface area contributed by atoms with Crippen molar-refractivity contribution in [2.24, 2.45) is 0 Å². The number of thioether (sulfide) groups is 1. The molecule has 4 aromatic heterocycles. The van der Waals surface area contributed by atoms with E-state index >= 15 is 0 Å². The van der Waals surface area contributed by atoms with Crippen LogP contribution in [-0.4, -0.2) is 46.4 Å². The maximum absolute atomic E-state index is 14.4. The number of rotatable bonds is 10. The van der Waals surface area contributed by atoms with E-state index in [1.165, 1.54) is 12.5 Å². The lowest BCUT2D eigenvalue weighted by atomic mass is 10.1. The SMILES string of the molecule is CCCC(n1c(=O)c(NCc2ccc(SCC)cn2)nc2cnc(-c3c(C)ncnc3C3CC3)nc21)C(F)(F)F. The summed E-state index contributed by atoms with van der Waals surface area (Å²) in [5.74, 6) is 1.09. The van der Waals surface area contributed by atoms with E-state index in [-0.39, 0.29) is 48.1 Å². The summed E-state index contributed by atoms with van der Waals surface area (Å²) in [6, 6.07) is 1.63. The van der Waals surface area contributed by atoms with Crippen LogP contribution < -0.4 is 10.9 Å². The molecule has 0 spiro atoms. The second-order valence-corrected chi connectivity index (χ2v) is 11.0. The van der Waals surface area contributed by atoms with Crippen molar-refractivity contribution >= 4 is 28.7 Å². The van der Waals surface area contributed by atoms with Gasteiger partial charge in [0, 0.05) is 17.0 Å². The largest absolute Gasteiger partial charge is 0.409 e. The van der Waals surface area contributed by atoms with Crippen LogP contribution in [0.2, 0.25) is 0 Å². The summed E-state index contributed by atoms with van der Waals surface area (Å²) in [5, 5.41) is 2.89. The molecule has 0 amide bonds. The van der Waals surface area contributed by atoms with Crippen molar-refractivity contribution in [3.8, 4) is 11.4 Å². The Morgan fingerprint density at radius 3 is 2.55 bits per heavy atom. The lowest BCUT2D eigenvalue weighted by Crippen LogP contribution is -2.36. The molecular formula is C27H29F3N8OS. The summed E-state index contributed by atoms with van der Waals surface area (Å²) < 4.78 is 43.8. The first-order chi connectivity index (χ1) is 19.2. The first kappa shape index (κ1) is 27.9. The van der Waals surface area contributed by atoms with Crippen LogP contribution in [0.25, 0.3) is 22.6 Å². The Morgan fingerprint density at radius 1 is 1.10 bits per heavy atom.